The number of nitrogen functional groups attached to an aromatic ring is 1. The second-order valence-electron chi connectivity index (χ2n) is 5.43. The summed E-state index contributed by atoms with van der Waals surface area (Å²) in [6, 6.07) is 9.27. The van der Waals surface area contributed by atoms with Crippen molar-refractivity contribution in [2.24, 2.45) is 0 Å². The molecule has 27 heavy (non-hydrogen) atoms. The van der Waals surface area contributed by atoms with Gasteiger partial charge in [0.05, 0.1) is 6.61 Å². The number of nitrogens with zero attached hydrogens (tertiary/aromatic N) is 4. The van der Waals surface area contributed by atoms with Crippen LogP contribution in [0.3, 0.4) is 0 Å². The summed E-state index contributed by atoms with van der Waals surface area (Å²) in [5, 5.41) is 0. The lowest BCUT2D eigenvalue weighted by Crippen LogP contribution is -2.17. The topological polar surface area (TPSA) is 122 Å². The first-order valence-corrected chi connectivity index (χ1v) is 9.13. The van der Waals surface area contributed by atoms with Gasteiger partial charge in [-0.05, 0) is 35.1 Å². The molecule has 9 nitrogen and oxygen atoms in total. The summed E-state index contributed by atoms with van der Waals surface area (Å²) in [6.45, 7) is 1.89. The number of nitrogens with two attached hydrogens (primary N) is 1. The van der Waals surface area contributed by atoms with E-state index in [9.17, 15) is 9.59 Å². The van der Waals surface area contributed by atoms with Crippen molar-refractivity contribution in [1.82, 2.24) is 19.5 Å². The second kappa shape index (κ2) is 8.29. The Morgan fingerprint density at radius 1 is 1.15 bits per heavy atom. The molecule has 0 aliphatic heterocycles. The molecule has 0 saturated carbocycles. The maximum Gasteiger partial charge on any atom is 0.376 e. The molecule has 0 bridgehead atoms. The minimum absolute atomic E-state index is 0.0834. The molecule has 0 aliphatic rings. The Hall–Kier alpha value is -2.76. The number of rotatable bonds is 6. The van der Waals surface area contributed by atoms with Crippen LogP contribution in [-0.2, 0) is 27.4 Å². The summed E-state index contributed by atoms with van der Waals surface area (Å²) in [5.74, 6) is -1.21. The lowest BCUT2D eigenvalue weighted by molar-refractivity contribution is -0.143. The fourth-order valence-corrected chi connectivity index (χ4v) is 2.95. The highest BCUT2D eigenvalue weighted by Crippen LogP contribution is 2.21. The van der Waals surface area contributed by atoms with E-state index < -0.39 is 11.9 Å². The number of carbonyl (C=O) groups is 2. The average Bonchev–Trinajstić information content (AvgIpc) is 2.97. The lowest BCUT2D eigenvalue weighted by atomic mass is 10.2. The Morgan fingerprint density at radius 3 is 2.59 bits per heavy atom. The number of hydrogen-bond donors (Lipinski definition) is 1. The average molecular weight is 481 g/mol. The number of benzene rings is 1. The van der Waals surface area contributed by atoms with Gasteiger partial charge in [0, 0.05) is 0 Å². The van der Waals surface area contributed by atoms with Gasteiger partial charge in [-0.25, -0.2) is 19.7 Å². The van der Waals surface area contributed by atoms with Crippen molar-refractivity contribution >= 4 is 51.6 Å². The van der Waals surface area contributed by atoms with Gasteiger partial charge in [-0.1, -0.05) is 30.3 Å². The summed E-state index contributed by atoms with van der Waals surface area (Å²) in [7, 11) is 0. The van der Waals surface area contributed by atoms with Crippen molar-refractivity contribution in [2.75, 3.05) is 12.3 Å². The Balaban J connectivity index is 1.88. The third kappa shape index (κ3) is 4.32. The third-order valence-electron chi connectivity index (χ3n) is 3.57. The highest BCUT2D eigenvalue weighted by molar-refractivity contribution is 14.1. The Bertz CT molecular complexity index is 990. The number of anilines is 1. The zero-order chi connectivity index (χ0) is 19.4. The molecule has 2 heterocycles. The van der Waals surface area contributed by atoms with Gasteiger partial charge < -0.3 is 15.2 Å². The van der Waals surface area contributed by atoms with Crippen molar-refractivity contribution in [2.45, 2.75) is 20.1 Å². The molecule has 0 saturated heterocycles. The summed E-state index contributed by atoms with van der Waals surface area (Å²) >= 11 is 1.93. The zero-order valence-corrected chi connectivity index (χ0v) is 16.5. The van der Waals surface area contributed by atoms with Crippen molar-refractivity contribution in [3.63, 3.8) is 0 Å². The predicted octanol–water partition coefficient (Wildman–Crippen LogP) is 1.93. The van der Waals surface area contributed by atoms with Crippen LogP contribution >= 0.6 is 22.6 Å². The number of carbonyl (C=O) groups excluding carboxylic acids is 2. The summed E-state index contributed by atoms with van der Waals surface area (Å²) in [6.07, 6.45) is 0. The van der Waals surface area contributed by atoms with Crippen LogP contribution in [0.4, 0.5) is 5.95 Å². The maximum absolute atomic E-state index is 12.4. The first-order chi connectivity index (χ1) is 13.0. The van der Waals surface area contributed by atoms with E-state index in [1.165, 1.54) is 4.57 Å². The molecule has 140 valence electrons. The minimum Gasteiger partial charge on any atom is -0.465 e. The molecule has 2 N–H and O–H groups in total. The van der Waals surface area contributed by atoms with E-state index in [1.807, 2.05) is 52.9 Å². The van der Waals surface area contributed by atoms with Crippen LogP contribution < -0.4 is 5.73 Å². The smallest absolute Gasteiger partial charge is 0.376 e. The van der Waals surface area contributed by atoms with Crippen LogP contribution in [0.1, 0.15) is 23.1 Å². The fraction of sp³-hybridized carbons (Fsp3) is 0.235. The highest BCUT2D eigenvalue weighted by Gasteiger charge is 2.21. The van der Waals surface area contributed by atoms with E-state index in [0.717, 1.165) is 5.56 Å². The van der Waals surface area contributed by atoms with Crippen LogP contribution in [0.5, 0.6) is 0 Å². The highest BCUT2D eigenvalue weighted by atomic mass is 127. The minimum atomic E-state index is -0.680. The van der Waals surface area contributed by atoms with Gasteiger partial charge in [0.2, 0.25) is 11.8 Å². The number of aromatic nitrogens is 4. The monoisotopic (exact) mass is 481 g/mol. The predicted molar refractivity (Wildman–Crippen MR) is 105 cm³/mol. The van der Waals surface area contributed by atoms with Gasteiger partial charge in [0.25, 0.3) is 0 Å². The van der Waals surface area contributed by atoms with E-state index in [2.05, 4.69) is 15.0 Å². The molecule has 3 rings (SSSR count). The number of halogens is 1. The maximum atomic E-state index is 12.4. The molecule has 3 aromatic rings. The molecule has 0 spiro atoms. The van der Waals surface area contributed by atoms with Crippen LogP contribution in [0, 0.1) is 3.70 Å². The van der Waals surface area contributed by atoms with Crippen LogP contribution in [-0.4, -0.2) is 38.1 Å². The van der Waals surface area contributed by atoms with E-state index in [4.69, 9.17) is 15.2 Å². The van der Waals surface area contributed by atoms with E-state index in [1.54, 1.807) is 6.92 Å². The standard InChI is InChI=1S/C17H16IN5O4/c1-2-26-11(24)8-23-15-12(20-17(23)19)13(18)21-14(22-15)16(25)27-9-10-6-4-3-5-7-10/h3-7H,2,8-9H2,1H3,(H2,19,20). The van der Waals surface area contributed by atoms with Gasteiger partial charge in [-0.2, -0.15) is 0 Å². The number of esters is 2. The fourth-order valence-electron chi connectivity index (χ4n) is 2.35. The number of ether oxygens (including phenoxy) is 2. The van der Waals surface area contributed by atoms with Crippen molar-refractivity contribution in [3.05, 3.63) is 45.4 Å². The summed E-state index contributed by atoms with van der Waals surface area (Å²) in [5.41, 5.74) is 7.40. The second-order valence-corrected chi connectivity index (χ2v) is 6.45. The van der Waals surface area contributed by atoms with Crippen LogP contribution in [0.15, 0.2) is 30.3 Å². The molecule has 1 aromatic carbocycles. The molecule has 10 heteroatoms. The molecule has 0 fully saturated rings. The first kappa shape index (κ1) is 19.0. The molecular weight excluding hydrogens is 465 g/mol. The molecule has 0 amide bonds. The molecule has 0 atom stereocenters. The SMILES string of the molecule is CCOC(=O)Cn1c(N)nc2c(I)nc(C(=O)OCc3ccccc3)nc21. The van der Waals surface area contributed by atoms with E-state index in [0.29, 0.717) is 9.22 Å². The zero-order valence-electron chi connectivity index (χ0n) is 14.4. The number of imidazole rings is 1. The molecule has 0 unspecified atom stereocenters. The Labute approximate surface area is 168 Å². The van der Waals surface area contributed by atoms with Crippen LogP contribution in [0.25, 0.3) is 11.2 Å². The van der Waals surface area contributed by atoms with Gasteiger partial charge in [0.15, 0.2) is 5.65 Å². The number of hydrogen-bond acceptors (Lipinski definition) is 8. The summed E-state index contributed by atoms with van der Waals surface area (Å²) in [4.78, 5) is 36.7. The normalized spacial score (nSPS) is 10.7. The van der Waals surface area contributed by atoms with Gasteiger partial charge >= 0.3 is 11.9 Å². The summed E-state index contributed by atoms with van der Waals surface area (Å²) < 4.78 is 12.0. The third-order valence-corrected chi connectivity index (χ3v) is 4.32. The Kier molecular flexibility index (Phi) is 5.84. The van der Waals surface area contributed by atoms with Crippen LogP contribution in [0.2, 0.25) is 0 Å². The van der Waals surface area contributed by atoms with Crippen molar-refractivity contribution in [1.29, 1.82) is 0 Å². The number of fused-ring (bicyclic) bond motifs is 1. The Morgan fingerprint density at radius 2 is 1.89 bits per heavy atom. The molecule has 0 radical (unpaired) electrons. The lowest BCUT2D eigenvalue weighted by Gasteiger charge is -2.07. The molecular formula is C17H16IN5O4. The molecule has 0 aliphatic carbocycles. The first-order valence-electron chi connectivity index (χ1n) is 8.05. The largest absolute Gasteiger partial charge is 0.465 e. The quantitative estimate of drug-likeness (QED) is 0.322. The van der Waals surface area contributed by atoms with Gasteiger partial charge in [-0.3, -0.25) is 9.36 Å². The van der Waals surface area contributed by atoms with Crippen molar-refractivity contribution in [3.8, 4) is 0 Å². The van der Waals surface area contributed by atoms with E-state index >= 15 is 0 Å². The van der Waals surface area contributed by atoms with Gasteiger partial charge in [-0.15, -0.1) is 0 Å². The van der Waals surface area contributed by atoms with Gasteiger partial charge in [0.1, 0.15) is 22.4 Å². The van der Waals surface area contributed by atoms with E-state index in [-0.39, 0.29) is 37.2 Å². The molecule has 2 aromatic heterocycles. The van der Waals surface area contributed by atoms with Crippen molar-refractivity contribution < 1.29 is 19.1 Å².